The number of carbonyl (C=O) groups excluding carboxylic acids is 2. The molecule has 0 amide bonds. The Kier molecular flexibility index (Phi) is 11.4. The fraction of sp³-hybridized carbons (Fsp3) is 0.154. The van der Waals surface area contributed by atoms with Gasteiger partial charge < -0.3 is 11.1 Å². The number of anilines is 3. The van der Waals surface area contributed by atoms with Crippen molar-refractivity contribution in [1.29, 1.82) is 0 Å². The second kappa shape index (κ2) is 14.2. The van der Waals surface area contributed by atoms with Gasteiger partial charge in [-0.1, -0.05) is 35.9 Å². The van der Waals surface area contributed by atoms with Crippen LogP contribution in [-0.4, -0.2) is 31.5 Å². The van der Waals surface area contributed by atoms with Crippen LogP contribution in [0.3, 0.4) is 0 Å². The van der Waals surface area contributed by atoms with Crippen LogP contribution in [0.1, 0.15) is 45.7 Å². The number of hydrogen-bond donors (Lipinski definition) is 2. The molecule has 4 rings (SSSR count). The molecule has 37 heavy (non-hydrogen) atoms. The number of aryl methyl sites for hydroxylation is 2. The van der Waals surface area contributed by atoms with E-state index in [1.807, 2.05) is 26.0 Å². The number of halogens is 3. The lowest BCUT2D eigenvalue weighted by molar-refractivity contribution is 0.100. The van der Waals surface area contributed by atoms with Crippen molar-refractivity contribution < 1.29 is 9.59 Å². The second-order valence-electron chi connectivity index (χ2n) is 7.70. The smallest absolute Gasteiger partial charge is 0.224 e. The lowest BCUT2D eigenvalue weighted by Gasteiger charge is -2.10. The summed E-state index contributed by atoms with van der Waals surface area (Å²) in [6, 6.07) is 14.1. The van der Waals surface area contributed by atoms with Crippen LogP contribution in [0.5, 0.6) is 0 Å². The molecule has 0 atom stereocenters. The molecule has 2 aromatic carbocycles. The van der Waals surface area contributed by atoms with E-state index in [1.165, 1.54) is 20.0 Å². The number of benzene rings is 2. The number of carbonyl (C=O) groups is 2. The molecule has 2 heterocycles. The second-order valence-corrected chi connectivity index (χ2v) is 8.76. The van der Waals surface area contributed by atoms with Gasteiger partial charge in [0.25, 0.3) is 0 Å². The molecular formula is C26H25Cl3N6O2. The minimum Gasteiger partial charge on any atom is -0.398 e. The van der Waals surface area contributed by atoms with Gasteiger partial charge in [0.05, 0.1) is 0 Å². The van der Waals surface area contributed by atoms with E-state index in [0.717, 1.165) is 16.8 Å². The molecule has 0 spiro atoms. The highest BCUT2D eigenvalue weighted by Gasteiger charge is 2.05. The number of ketones is 2. The zero-order chi connectivity index (χ0) is 27.5. The van der Waals surface area contributed by atoms with Gasteiger partial charge >= 0.3 is 0 Å². The third-order valence-corrected chi connectivity index (χ3v) is 5.39. The first-order valence-electron chi connectivity index (χ1n) is 10.8. The Labute approximate surface area is 230 Å². The van der Waals surface area contributed by atoms with Crippen LogP contribution >= 0.6 is 34.8 Å². The average Bonchev–Trinajstić information content (AvgIpc) is 2.83. The van der Waals surface area contributed by atoms with E-state index in [1.54, 1.807) is 42.6 Å². The predicted molar refractivity (Wildman–Crippen MR) is 149 cm³/mol. The number of rotatable bonds is 4. The van der Waals surface area contributed by atoms with Gasteiger partial charge in [0.2, 0.25) is 10.6 Å². The lowest BCUT2D eigenvalue weighted by atomic mass is 10.1. The SMILES string of the molecule is CC(=O)c1ccc(C)c(N)c1.CC(=O)c1ccc(C)c(Nc2ccnc(Cl)n2)c1.Clc1ccnc(Cl)n1. The van der Waals surface area contributed by atoms with Crippen molar-refractivity contribution in [2.75, 3.05) is 11.1 Å². The van der Waals surface area contributed by atoms with E-state index in [-0.39, 0.29) is 22.1 Å². The van der Waals surface area contributed by atoms with Crippen LogP contribution in [0.4, 0.5) is 17.2 Å². The van der Waals surface area contributed by atoms with Gasteiger partial charge in [-0.25, -0.2) is 19.9 Å². The molecule has 0 fully saturated rings. The maximum Gasteiger partial charge on any atom is 0.224 e. The largest absolute Gasteiger partial charge is 0.398 e. The number of nitrogens with one attached hydrogen (secondary N) is 1. The zero-order valence-electron chi connectivity index (χ0n) is 20.6. The van der Waals surface area contributed by atoms with Crippen LogP contribution < -0.4 is 11.1 Å². The van der Waals surface area contributed by atoms with Crippen LogP contribution in [0.2, 0.25) is 15.7 Å². The summed E-state index contributed by atoms with van der Waals surface area (Å²) in [4.78, 5) is 37.2. The number of Topliss-reactive ketones (excluding diaryl/α,β-unsaturated/α-hetero) is 2. The highest BCUT2D eigenvalue weighted by atomic mass is 35.5. The molecule has 0 radical (unpaired) electrons. The normalized spacial score (nSPS) is 9.81. The third kappa shape index (κ3) is 10.1. The molecule has 0 bridgehead atoms. The number of nitrogens with two attached hydrogens (primary N) is 1. The first kappa shape index (κ1) is 29.6. The van der Waals surface area contributed by atoms with E-state index in [2.05, 4.69) is 25.3 Å². The monoisotopic (exact) mass is 558 g/mol. The molecule has 0 aliphatic rings. The molecule has 0 aliphatic heterocycles. The highest BCUT2D eigenvalue weighted by Crippen LogP contribution is 2.21. The summed E-state index contributed by atoms with van der Waals surface area (Å²) in [6.07, 6.45) is 3.07. The van der Waals surface area contributed by atoms with E-state index in [0.29, 0.717) is 27.8 Å². The minimum absolute atomic E-state index is 0.0266. The Morgan fingerprint density at radius 3 is 1.78 bits per heavy atom. The van der Waals surface area contributed by atoms with E-state index < -0.39 is 0 Å². The maximum absolute atomic E-state index is 11.3. The van der Waals surface area contributed by atoms with Crippen molar-refractivity contribution in [3.8, 4) is 0 Å². The van der Waals surface area contributed by atoms with Crippen molar-refractivity contribution >= 4 is 63.6 Å². The van der Waals surface area contributed by atoms with Gasteiger partial charge in [-0.05, 0) is 86.3 Å². The molecule has 11 heteroatoms. The maximum atomic E-state index is 11.3. The van der Waals surface area contributed by atoms with Crippen LogP contribution in [-0.2, 0) is 0 Å². The summed E-state index contributed by atoms with van der Waals surface area (Å²) in [7, 11) is 0. The summed E-state index contributed by atoms with van der Waals surface area (Å²) in [5.41, 5.74) is 10.5. The molecule has 8 nitrogen and oxygen atoms in total. The molecule has 0 saturated heterocycles. The van der Waals surface area contributed by atoms with Crippen LogP contribution in [0.25, 0.3) is 0 Å². The van der Waals surface area contributed by atoms with Crippen molar-refractivity contribution in [3.05, 3.63) is 98.9 Å². The standard InChI is InChI=1S/C13H12ClN3O.C9H11NO.C4H2Cl2N2/c1-8-3-4-10(9(2)18)7-11(8)16-12-5-6-15-13(14)17-12;1-6-3-4-8(7(2)11)5-9(6)10;5-3-1-2-7-4(6)8-3/h3-7H,1-2H3,(H,15,16,17);3-5H,10H2,1-2H3;1-2H. The topological polar surface area (TPSA) is 124 Å². The van der Waals surface area contributed by atoms with Gasteiger partial charge in [0.15, 0.2) is 11.6 Å². The van der Waals surface area contributed by atoms with Crippen LogP contribution in [0, 0.1) is 13.8 Å². The third-order valence-electron chi connectivity index (χ3n) is 4.81. The first-order chi connectivity index (χ1) is 17.5. The van der Waals surface area contributed by atoms with E-state index in [4.69, 9.17) is 40.5 Å². The van der Waals surface area contributed by atoms with Gasteiger partial charge in [0.1, 0.15) is 11.0 Å². The fourth-order valence-corrected chi connectivity index (χ4v) is 3.17. The minimum atomic E-state index is 0.0266. The molecule has 0 aliphatic carbocycles. The zero-order valence-corrected chi connectivity index (χ0v) is 22.9. The predicted octanol–water partition coefficient (Wildman–Crippen LogP) is 6.95. The van der Waals surface area contributed by atoms with Gasteiger partial charge in [-0.2, -0.15) is 0 Å². The van der Waals surface area contributed by atoms with Crippen molar-refractivity contribution in [1.82, 2.24) is 19.9 Å². The lowest BCUT2D eigenvalue weighted by Crippen LogP contribution is -1.99. The van der Waals surface area contributed by atoms with Crippen molar-refractivity contribution in [2.45, 2.75) is 27.7 Å². The Hall–Kier alpha value is -3.59. The molecule has 4 aromatic rings. The number of hydrogen-bond acceptors (Lipinski definition) is 8. The summed E-state index contributed by atoms with van der Waals surface area (Å²) in [5, 5.41) is 3.85. The Morgan fingerprint density at radius 2 is 1.30 bits per heavy atom. The average molecular weight is 560 g/mol. The Balaban J connectivity index is 0.000000215. The van der Waals surface area contributed by atoms with Gasteiger partial charge in [0, 0.05) is 34.9 Å². The first-order valence-corrected chi connectivity index (χ1v) is 12.0. The van der Waals surface area contributed by atoms with E-state index in [9.17, 15) is 9.59 Å². The molecule has 2 aromatic heterocycles. The van der Waals surface area contributed by atoms with Gasteiger partial charge in [-0.3, -0.25) is 9.59 Å². The Morgan fingerprint density at radius 1 is 0.757 bits per heavy atom. The number of aromatic nitrogens is 4. The Bertz CT molecular complexity index is 1380. The summed E-state index contributed by atoms with van der Waals surface area (Å²) in [6.45, 7) is 6.94. The molecule has 0 saturated carbocycles. The van der Waals surface area contributed by atoms with Crippen molar-refractivity contribution in [3.63, 3.8) is 0 Å². The number of nitrogen functional groups attached to an aromatic ring is 1. The summed E-state index contributed by atoms with van der Waals surface area (Å²) < 4.78 is 0. The van der Waals surface area contributed by atoms with Gasteiger partial charge in [-0.15, -0.1) is 0 Å². The molecule has 0 unspecified atom stereocenters. The molecule has 3 N–H and O–H groups in total. The van der Waals surface area contributed by atoms with E-state index >= 15 is 0 Å². The molecule has 192 valence electrons. The molecular weight excluding hydrogens is 535 g/mol. The highest BCUT2D eigenvalue weighted by molar-refractivity contribution is 6.31. The summed E-state index contributed by atoms with van der Waals surface area (Å²) in [5.74, 6) is 0.675. The fourth-order valence-electron chi connectivity index (χ4n) is 2.69. The quantitative estimate of drug-likeness (QED) is 0.119. The summed E-state index contributed by atoms with van der Waals surface area (Å²) >= 11 is 16.5. The van der Waals surface area contributed by atoms with Crippen LogP contribution in [0.15, 0.2) is 60.9 Å². The van der Waals surface area contributed by atoms with Crippen molar-refractivity contribution in [2.24, 2.45) is 0 Å². The number of nitrogens with zero attached hydrogens (tertiary/aromatic N) is 4.